The van der Waals surface area contributed by atoms with Crippen LogP contribution in [0.1, 0.15) is 83.8 Å². The molecule has 1 aromatic rings. The molecule has 0 bridgehead atoms. The van der Waals surface area contributed by atoms with E-state index in [9.17, 15) is 0 Å². The van der Waals surface area contributed by atoms with Gasteiger partial charge in [-0.2, -0.15) is 0 Å². The molecule has 1 saturated carbocycles. The molecule has 108 valence electrons. The first-order chi connectivity index (χ1) is 8.88. The summed E-state index contributed by atoms with van der Waals surface area (Å²) in [5.41, 5.74) is 3.38. The summed E-state index contributed by atoms with van der Waals surface area (Å²) in [6.07, 6.45) is 13.3. The van der Waals surface area contributed by atoms with E-state index in [2.05, 4.69) is 51.6 Å². The van der Waals surface area contributed by atoms with Crippen LogP contribution in [-0.2, 0) is 12.0 Å². The van der Waals surface area contributed by atoms with Gasteiger partial charge in [-0.3, -0.25) is 0 Å². The lowest BCUT2D eigenvalue weighted by Crippen LogP contribution is -2.19. The second-order valence-electron chi connectivity index (χ2n) is 7.68. The lowest BCUT2D eigenvalue weighted by atomic mass is 9.84. The number of aromatic nitrogens is 1. The molecule has 1 aliphatic carbocycles. The van der Waals surface area contributed by atoms with Crippen molar-refractivity contribution in [2.45, 2.75) is 84.6 Å². The van der Waals surface area contributed by atoms with Crippen molar-refractivity contribution >= 4 is 0 Å². The van der Waals surface area contributed by atoms with Gasteiger partial charge in [0.25, 0.3) is 0 Å². The highest BCUT2D eigenvalue weighted by Crippen LogP contribution is 2.31. The molecule has 0 spiro atoms. The molecule has 0 amide bonds. The van der Waals surface area contributed by atoms with Crippen molar-refractivity contribution in [3.63, 3.8) is 0 Å². The predicted octanol–water partition coefficient (Wildman–Crippen LogP) is 5.49. The second-order valence-corrected chi connectivity index (χ2v) is 7.68. The van der Waals surface area contributed by atoms with Crippen molar-refractivity contribution in [2.75, 3.05) is 0 Å². The monoisotopic (exact) mass is 261 g/mol. The Bertz CT molecular complexity index is 400. The molecule has 1 nitrogen and oxygen atoms in total. The molecule has 0 unspecified atom stereocenters. The fourth-order valence-corrected chi connectivity index (χ4v) is 3.29. The van der Waals surface area contributed by atoms with E-state index in [0.29, 0.717) is 5.92 Å². The summed E-state index contributed by atoms with van der Waals surface area (Å²) >= 11 is 0. The maximum Gasteiger partial charge on any atom is 0.0355 e. The van der Waals surface area contributed by atoms with Crippen LogP contribution in [0.2, 0.25) is 0 Å². The van der Waals surface area contributed by atoms with E-state index in [0.717, 1.165) is 5.92 Å². The smallest absolute Gasteiger partial charge is 0.0355 e. The highest BCUT2D eigenvalue weighted by Gasteiger charge is 2.21. The zero-order valence-corrected chi connectivity index (χ0v) is 13.5. The summed E-state index contributed by atoms with van der Waals surface area (Å²) in [5, 5.41) is 0. The number of rotatable bonds is 3. The Balaban J connectivity index is 2.19. The maximum atomic E-state index is 2.42. The van der Waals surface area contributed by atoms with Crippen molar-refractivity contribution < 1.29 is 0 Å². The average Bonchev–Trinajstić information content (AvgIpc) is 2.74. The normalized spacial score (nSPS) is 18.2. The topological polar surface area (TPSA) is 4.93 Å². The summed E-state index contributed by atoms with van der Waals surface area (Å²) < 4.78 is 2.42. The molecule has 0 saturated heterocycles. The minimum absolute atomic E-state index is 0.203. The third-order valence-corrected chi connectivity index (χ3v) is 4.57. The van der Waals surface area contributed by atoms with Gasteiger partial charge in [-0.05, 0) is 50.2 Å². The Morgan fingerprint density at radius 1 is 1.11 bits per heavy atom. The molecule has 0 atom stereocenters. The minimum Gasteiger partial charge on any atom is -0.349 e. The molecular formula is C18H31N. The molecular weight excluding hydrogens is 230 g/mol. The summed E-state index contributed by atoms with van der Waals surface area (Å²) in [5.74, 6) is 1.57. The Morgan fingerprint density at radius 3 is 2.26 bits per heavy atom. The van der Waals surface area contributed by atoms with Gasteiger partial charge in [0, 0.05) is 17.9 Å². The zero-order valence-electron chi connectivity index (χ0n) is 13.5. The van der Waals surface area contributed by atoms with Gasteiger partial charge in [0.05, 0.1) is 0 Å². The van der Waals surface area contributed by atoms with E-state index >= 15 is 0 Å². The first-order valence-electron chi connectivity index (χ1n) is 8.09. The second kappa shape index (κ2) is 5.73. The van der Waals surface area contributed by atoms with E-state index in [1.807, 2.05) is 0 Å². The van der Waals surface area contributed by atoms with Crippen LogP contribution in [-0.4, -0.2) is 4.57 Å². The lowest BCUT2D eigenvalue weighted by Gasteiger charge is -2.22. The Labute approximate surface area is 119 Å². The molecule has 1 aliphatic rings. The van der Waals surface area contributed by atoms with Crippen LogP contribution in [0.25, 0.3) is 0 Å². The first-order valence-corrected chi connectivity index (χ1v) is 8.09. The molecule has 1 aromatic heterocycles. The highest BCUT2D eigenvalue weighted by molar-refractivity contribution is 5.29. The van der Waals surface area contributed by atoms with E-state index < -0.39 is 0 Å². The fourth-order valence-electron chi connectivity index (χ4n) is 3.29. The van der Waals surface area contributed by atoms with Crippen LogP contribution >= 0.6 is 0 Å². The van der Waals surface area contributed by atoms with Crippen molar-refractivity contribution in [2.24, 2.45) is 5.92 Å². The van der Waals surface area contributed by atoms with Crippen LogP contribution in [0.15, 0.2) is 12.4 Å². The van der Waals surface area contributed by atoms with E-state index in [1.54, 1.807) is 11.1 Å². The Kier molecular flexibility index (Phi) is 4.43. The molecule has 1 fully saturated rings. The van der Waals surface area contributed by atoms with Crippen molar-refractivity contribution in [3.05, 3.63) is 23.5 Å². The van der Waals surface area contributed by atoms with Gasteiger partial charge >= 0.3 is 0 Å². The predicted molar refractivity (Wildman–Crippen MR) is 83.8 cm³/mol. The van der Waals surface area contributed by atoms with E-state index in [4.69, 9.17) is 0 Å². The van der Waals surface area contributed by atoms with Gasteiger partial charge in [0.1, 0.15) is 0 Å². The molecule has 1 heteroatoms. The van der Waals surface area contributed by atoms with Gasteiger partial charge in [-0.25, -0.2) is 0 Å². The van der Waals surface area contributed by atoms with Crippen LogP contribution in [0.3, 0.4) is 0 Å². The largest absolute Gasteiger partial charge is 0.349 e. The Morgan fingerprint density at radius 2 is 1.74 bits per heavy atom. The molecule has 0 N–H and O–H groups in total. The zero-order chi connectivity index (χ0) is 14.0. The van der Waals surface area contributed by atoms with Crippen LogP contribution in [0.5, 0.6) is 0 Å². The molecule has 0 aliphatic heterocycles. The average molecular weight is 261 g/mol. The van der Waals surface area contributed by atoms with Crippen molar-refractivity contribution in [1.29, 1.82) is 0 Å². The summed E-state index contributed by atoms with van der Waals surface area (Å²) in [7, 11) is 0. The highest BCUT2D eigenvalue weighted by atomic mass is 15.0. The third-order valence-electron chi connectivity index (χ3n) is 4.57. The van der Waals surface area contributed by atoms with Crippen molar-refractivity contribution in [3.8, 4) is 0 Å². The van der Waals surface area contributed by atoms with Gasteiger partial charge in [-0.1, -0.05) is 46.0 Å². The molecule has 19 heavy (non-hydrogen) atoms. The quantitative estimate of drug-likeness (QED) is 0.678. The standard InChI is InChI=1S/C18H31N/c1-14(2)17-13-19(18(3,4)5)12-16(17)11-15-9-7-6-8-10-15/h12-15H,6-11H2,1-5H3. The Hall–Kier alpha value is -0.720. The third kappa shape index (κ3) is 3.64. The number of hydrogen-bond donors (Lipinski definition) is 0. The van der Waals surface area contributed by atoms with Crippen LogP contribution in [0, 0.1) is 5.92 Å². The SMILES string of the molecule is CC(C)c1cn(C(C)(C)C)cc1CC1CCCCC1. The van der Waals surface area contributed by atoms with Gasteiger partial charge in [0.15, 0.2) is 0 Å². The lowest BCUT2D eigenvalue weighted by molar-refractivity contribution is 0.354. The van der Waals surface area contributed by atoms with Crippen molar-refractivity contribution in [1.82, 2.24) is 4.57 Å². The van der Waals surface area contributed by atoms with E-state index in [1.165, 1.54) is 38.5 Å². The molecule has 1 heterocycles. The summed E-state index contributed by atoms with van der Waals surface area (Å²) in [6, 6.07) is 0. The van der Waals surface area contributed by atoms with Gasteiger partial charge in [-0.15, -0.1) is 0 Å². The first kappa shape index (κ1) is 14.7. The fraction of sp³-hybridized carbons (Fsp3) is 0.778. The van der Waals surface area contributed by atoms with Crippen LogP contribution in [0.4, 0.5) is 0 Å². The van der Waals surface area contributed by atoms with Gasteiger partial charge < -0.3 is 4.57 Å². The molecule has 2 rings (SSSR count). The maximum absolute atomic E-state index is 2.42. The summed E-state index contributed by atoms with van der Waals surface area (Å²) in [4.78, 5) is 0. The van der Waals surface area contributed by atoms with Crippen LogP contribution < -0.4 is 0 Å². The minimum atomic E-state index is 0.203. The summed E-state index contributed by atoms with van der Waals surface area (Å²) in [6.45, 7) is 11.5. The van der Waals surface area contributed by atoms with Gasteiger partial charge in [0.2, 0.25) is 0 Å². The van der Waals surface area contributed by atoms with E-state index in [-0.39, 0.29) is 5.54 Å². The number of hydrogen-bond acceptors (Lipinski definition) is 0. The molecule has 0 radical (unpaired) electrons. The molecule has 0 aromatic carbocycles. The number of nitrogens with zero attached hydrogens (tertiary/aromatic N) is 1.